The molecule has 1 rings (SSSR count). The van der Waals surface area contributed by atoms with E-state index in [-0.39, 0.29) is 0 Å². The van der Waals surface area contributed by atoms with E-state index in [1.165, 1.54) is 18.9 Å². The smallest absolute Gasteiger partial charge is 0.122 e. The molecule has 0 N–H and O–H groups in total. The lowest BCUT2D eigenvalue weighted by molar-refractivity contribution is -0.0605. The molecule has 1 aliphatic heterocycles. The zero-order chi connectivity index (χ0) is 8.10. The minimum Gasteiger partial charge on any atom is -0.294 e. The molecule has 1 saturated heterocycles. The molecule has 3 nitrogen and oxygen atoms in total. The van der Waals surface area contributed by atoms with Crippen molar-refractivity contribution in [2.45, 2.75) is 25.8 Å². The summed E-state index contributed by atoms with van der Waals surface area (Å²) in [5.74, 6) is 1.67. The van der Waals surface area contributed by atoms with Crippen molar-refractivity contribution in [2.24, 2.45) is 0 Å². The van der Waals surface area contributed by atoms with Crippen molar-refractivity contribution in [2.75, 3.05) is 13.2 Å². The van der Waals surface area contributed by atoms with Gasteiger partial charge >= 0.3 is 0 Å². The Morgan fingerprint density at radius 1 is 1.82 bits per heavy atom. The van der Waals surface area contributed by atoms with Gasteiger partial charge in [-0.3, -0.25) is 4.84 Å². The van der Waals surface area contributed by atoms with Crippen LogP contribution in [0.15, 0.2) is 6.08 Å². The third-order valence-corrected chi connectivity index (χ3v) is 1.69. The van der Waals surface area contributed by atoms with Crippen LogP contribution in [0.4, 0.5) is 0 Å². The van der Waals surface area contributed by atoms with Crippen LogP contribution >= 0.6 is 0 Å². The summed E-state index contributed by atoms with van der Waals surface area (Å²) in [6.45, 7) is 3.53. The van der Waals surface area contributed by atoms with E-state index < -0.39 is 0 Å². The third kappa shape index (κ3) is 2.85. The molecule has 0 aliphatic carbocycles. The number of carbonyl (C=O) groups excluding carboxylic acids is 1. The van der Waals surface area contributed by atoms with Crippen LogP contribution in [0, 0.1) is 0 Å². The van der Waals surface area contributed by atoms with Crippen molar-refractivity contribution >= 4 is 5.94 Å². The Hall–Kier alpha value is -0.630. The molecule has 0 spiro atoms. The molecule has 0 aromatic rings. The van der Waals surface area contributed by atoms with E-state index in [2.05, 4.69) is 6.92 Å². The van der Waals surface area contributed by atoms with E-state index in [4.69, 9.17) is 4.84 Å². The van der Waals surface area contributed by atoms with E-state index >= 15 is 0 Å². The highest BCUT2D eigenvalue weighted by Gasteiger charge is 2.33. The summed E-state index contributed by atoms with van der Waals surface area (Å²) >= 11 is 0. The standard InChI is InChI=1S/C8H13NO2/c1-2-4-8-7-9(8)11-6-3-5-10/h3,8H,2,4,6-7H2,1H3. The van der Waals surface area contributed by atoms with Gasteiger partial charge in [0, 0.05) is 12.6 Å². The Morgan fingerprint density at radius 3 is 3.27 bits per heavy atom. The van der Waals surface area contributed by atoms with Crippen molar-refractivity contribution in [3.05, 3.63) is 6.08 Å². The van der Waals surface area contributed by atoms with Gasteiger partial charge in [-0.05, 0) is 6.42 Å². The summed E-state index contributed by atoms with van der Waals surface area (Å²) in [6, 6.07) is 0.597. The van der Waals surface area contributed by atoms with Gasteiger partial charge in [-0.2, -0.15) is 5.06 Å². The summed E-state index contributed by atoms with van der Waals surface area (Å²) in [5, 5.41) is 1.90. The Bertz CT molecular complexity index is 163. The van der Waals surface area contributed by atoms with E-state index in [0.29, 0.717) is 12.6 Å². The predicted molar refractivity (Wildman–Crippen MR) is 41.6 cm³/mol. The topological polar surface area (TPSA) is 29.3 Å². The van der Waals surface area contributed by atoms with Crippen molar-refractivity contribution in [1.29, 1.82) is 0 Å². The average molecular weight is 155 g/mol. The molecule has 2 atom stereocenters. The number of hydrogen-bond acceptors (Lipinski definition) is 3. The molecule has 0 amide bonds. The number of hydroxylamine groups is 2. The van der Waals surface area contributed by atoms with Gasteiger partial charge in [-0.1, -0.05) is 13.3 Å². The normalized spacial score (nSPS) is 27.7. The highest BCUT2D eigenvalue weighted by atomic mass is 16.7. The highest BCUT2D eigenvalue weighted by molar-refractivity contribution is 5.44. The minimum atomic E-state index is 0.365. The van der Waals surface area contributed by atoms with Gasteiger partial charge in [0.25, 0.3) is 0 Å². The Balaban J connectivity index is 1.99. The van der Waals surface area contributed by atoms with Crippen LogP contribution in [-0.4, -0.2) is 30.2 Å². The van der Waals surface area contributed by atoms with Crippen LogP contribution in [0.2, 0.25) is 0 Å². The maximum absolute atomic E-state index is 9.73. The molecule has 0 aromatic heterocycles. The lowest BCUT2D eigenvalue weighted by Gasteiger charge is -1.99. The molecule has 62 valence electrons. The molecule has 2 unspecified atom stereocenters. The molecule has 0 saturated carbocycles. The highest BCUT2D eigenvalue weighted by Crippen LogP contribution is 2.21. The van der Waals surface area contributed by atoms with Crippen molar-refractivity contribution in [3.8, 4) is 0 Å². The van der Waals surface area contributed by atoms with Gasteiger partial charge in [-0.15, -0.1) is 0 Å². The average Bonchev–Trinajstić information content (AvgIpc) is 2.70. The van der Waals surface area contributed by atoms with Crippen molar-refractivity contribution in [1.82, 2.24) is 5.06 Å². The van der Waals surface area contributed by atoms with E-state index in [0.717, 1.165) is 6.54 Å². The lowest BCUT2D eigenvalue weighted by Crippen LogP contribution is -2.03. The number of rotatable bonds is 5. The van der Waals surface area contributed by atoms with Gasteiger partial charge in [0.05, 0.1) is 12.6 Å². The second kappa shape index (κ2) is 4.29. The largest absolute Gasteiger partial charge is 0.294 e. The maximum Gasteiger partial charge on any atom is 0.122 e. The van der Waals surface area contributed by atoms with E-state index in [1.54, 1.807) is 5.94 Å². The van der Waals surface area contributed by atoms with Crippen molar-refractivity contribution < 1.29 is 9.63 Å². The fourth-order valence-electron chi connectivity index (χ4n) is 1.05. The third-order valence-electron chi connectivity index (χ3n) is 1.69. The summed E-state index contributed by atoms with van der Waals surface area (Å²) < 4.78 is 0. The van der Waals surface area contributed by atoms with Gasteiger partial charge in [0.1, 0.15) is 5.94 Å². The Morgan fingerprint density at radius 2 is 2.64 bits per heavy atom. The molecule has 0 bridgehead atoms. The van der Waals surface area contributed by atoms with Crippen LogP contribution in [0.25, 0.3) is 0 Å². The second-order valence-corrected chi connectivity index (χ2v) is 2.66. The quantitative estimate of drug-likeness (QED) is 0.434. The summed E-state index contributed by atoms with van der Waals surface area (Å²) in [7, 11) is 0. The van der Waals surface area contributed by atoms with Crippen LogP contribution in [0.1, 0.15) is 19.8 Å². The maximum atomic E-state index is 9.73. The van der Waals surface area contributed by atoms with Crippen LogP contribution < -0.4 is 0 Å². The molecular formula is C8H13NO2. The van der Waals surface area contributed by atoms with Gasteiger partial charge in [-0.25, -0.2) is 4.79 Å². The summed E-state index contributed by atoms with van der Waals surface area (Å²) in [6.07, 6.45) is 3.72. The van der Waals surface area contributed by atoms with Crippen LogP contribution in [-0.2, 0) is 9.63 Å². The molecule has 1 heterocycles. The number of nitrogens with zero attached hydrogens (tertiary/aromatic N) is 1. The lowest BCUT2D eigenvalue weighted by atomic mass is 10.3. The molecule has 0 aromatic carbocycles. The second-order valence-electron chi connectivity index (χ2n) is 2.66. The van der Waals surface area contributed by atoms with Gasteiger partial charge in [0.2, 0.25) is 0 Å². The fraction of sp³-hybridized carbons (Fsp3) is 0.750. The zero-order valence-electron chi connectivity index (χ0n) is 6.75. The molecular weight excluding hydrogens is 142 g/mol. The molecule has 11 heavy (non-hydrogen) atoms. The molecule has 1 fully saturated rings. The Labute approximate surface area is 66.6 Å². The van der Waals surface area contributed by atoms with Crippen LogP contribution in [0.3, 0.4) is 0 Å². The summed E-state index contributed by atoms with van der Waals surface area (Å²) in [5.41, 5.74) is 0. The monoisotopic (exact) mass is 155 g/mol. The van der Waals surface area contributed by atoms with Gasteiger partial charge in [0.15, 0.2) is 0 Å². The fourth-order valence-corrected chi connectivity index (χ4v) is 1.05. The first-order valence-electron chi connectivity index (χ1n) is 3.97. The van der Waals surface area contributed by atoms with E-state index in [9.17, 15) is 4.79 Å². The van der Waals surface area contributed by atoms with Crippen LogP contribution in [0.5, 0.6) is 0 Å². The van der Waals surface area contributed by atoms with Crippen molar-refractivity contribution in [3.63, 3.8) is 0 Å². The molecule has 0 radical (unpaired) electrons. The zero-order valence-corrected chi connectivity index (χ0v) is 6.75. The molecule has 1 aliphatic rings. The molecule has 3 heteroatoms. The first-order chi connectivity index (χ1) is 5.38. The predicted octanol–water partition coefficient (Wildman–Crippen LogP) is 0.790. The Kier molecular flexibility index (Phi) is 3.30. The first-order valence-corrected chi connectivity index (χ1v) is 3.97. The SMILES string of the molecule is CCCC1CN1OCC=C=O. The first kappa shape index (κ1) is 8.47. The van der Waals surface area contributed by atoms with E-state index in [1.807, 2.05) is 5.06 Å². The summed E-state index contributed by atoms with van der Waals surface area (Å²) in [4.78, 5) is 14.9. The van der Waals surface area contributed by atoms with Gasteiger partial charge < -0.3 is 0 Å². The minimum absolute atomic E-state index is 0.365. The number of hydrogen-bond donors (Lipinski definition) is 0.